The van der Waals surface area contributed by atoms with E-state index >= 15 is 0 Å². The van der Waals surface area contributed by atoms with Crippen LogP contribution in [0.25, 0.3) is 0 Å². The van der Waals surface area contributed by atoms with Crippen molar-refractivity contribution in [3.63, 3.8) is 0 Å². The molecule has 0 bridgehead atoms. The number of phosphoric ester groups is 2. The first-order chi connectivity index (χ1) is 45.4. The Labute approximate surface area is 575 Å². The van der Waals surface area contributed by atoms with Crippen LogP contribution in [-0.4, -0.2) is 96.7 Å². The predicted molar refractivity (Wildman–Crippen MR) is 381 cm³/mol. The Balaban J connectivity index is 5.22. The van der Waals surface area contributed by atoms with Crippen molar-refractivity contribution in [1.82, 2.24) is 0 Å². The monoisotopic (exact) mass is 1380 g/mol. The lowest BCUT2D eigenvalue weighted by Crippen LogP contribution is -2.30. The van der Waals surface area contributed by atoms with Crippen LogP contribution < -0.4 is 0 Å². The number of aliphatic hydroxyl groups is 1. The van der Waals surface area contributed by atoms with Crippen molar-refractivity contribution >= 4 is 39.5 Å². The van der Waals surface area contributed by atoms with E-state index in [9.17, 15) is 43.2 Å². The summed E-state index contributed by atoms with van der Waals surface area (Å²) in [5.74, 6) is -0.643. The highest BCUT2D eigenvalue weighted by Crippen LogP contribution is 2.45. The molecule has 2 unspecified atom stereocenters. The molecule has 0 aliphatic heterocycles. The highest BCUT2D eigenvalue weighted by atomic mass is 31.2. The maximum Gasteiger partial charge on any atom is 0.472 e. The average molecular weight is 1380 g/mol. The quantitative estimate of drug-likeness (QED) is 0.0222. The topological polar surface area (TPSA) is 237 Å². The average Bonchev–Trinajstić information content (AvgIpc) is 3.37. The van der Waals surface area contributed by atoms with Crippen molar-refractivity contribution in [2.24, 2.45) is 11.8 Å². The Morgan fingerprint density at radius 1 is 0.287 bits per heavy atom. The van der Waals surface area contributed by atoms with E-state index < -0.39 is 97.5 Å². The fourth-order valence-electron chi connectivity index (χ4n) is 11.5. The van der Waals surface area contributed by atoms with Gasteiger partial charge in [-0.1, -0.05) is 337 Å². The van der Waals surface area contributed by atoms with Gasteiger partial charge in [0.1, 0.15) is 19.3 Å². The molecule has 558 valence electrons. The number of esters is 4. The van der Waals surface area contributed by atoms with Crippen LogP contribution in [0.15, 0.2) is 0 Å². The van der Waals surface area contributed by atoms with Gasteiger partial charge in [0.05, 0.1) is 26.4 Å². The van der Waals surface area contributed by atoms with Gasteiger partial charge in [-0.05, 0) is 37.5 Å². The molecule has 0 spiro atoms. The summed E-state index contributed by atoms with van der Waals surface area (Å²) in [5, 5.41) is 10.6. The van der Waals surface area contributed by atoms with Crippen LogP contribution in [0.1, 0.15) is 388 Å². The number of carbonyl (C=O) groups is 4. The normalized spacial score (nSPS) is 14.0. The molecular formula is C75H146O17P2. The van der Waals surface area contributed by atoms with Crippen LogP contribution in [0.2, 0.25) is 0 Å². The summed E-state index contributed by atoms with van der Waals surface area (Å²) in [7, 11) is -9.91. The summed E-state index contributed by atoms with van der Waals surface area (Å²) in [6.45, 7) is 9.53. The predicted octanol–water partition coefficient (Wildman–Crippen LogP) is 21.9. The van der Waals surface area contributed by atoms with E-state index in [1.54, 1.807) is 0 Å². The fourth-order valence-corrected chi connectivity index (χ4v) is 13.1. The summed E-state index contributed by atoms with van der Waals surface area (Å²) >= 11 is 0. The molecule has 0 aromatic carbocycles. The van der Waals surface area contributed by atoms with Crippen LogP contribution in [0, 0.1) is 11.8 Å². The lowest BCUT2D eigenvalue weighted by Gasteiger charge is -2.21. The second-order valence-electron chi connectivity index (χ2n) is 28.0. The number of phosphoric acid groups is 2. The molecule has 0 aromatic heterocycles. The minimum atomic E-state index is -4.96. The van der Waals surface area contributed by atoms with E-state index in [2.05, 4.69) is 41.5 Å². The van der Waals surface area contributed by atoms with E-state index in [4.69, 9.17) is 37.0 Å². The minimum Gasteiger partial charge on any atom is -0.462 e. The van der Waals surface area contributed by atoms with Crippen molar-refractivity contribution in [3.8, 4) is 0 Å². The lowest BCUT2D eigenvalue weighted by atomic mass is 10.0. The molecule has 0 aliphatic rings. The maximum absolute atomic E-state index is 13.1. The van der Waals surface area contributed by atoms with Crippen molar-refractivity contribution in [2.75, 3.05) is 39.6 Å². The molecule has 5 atom stereocenters. The Bertz CT molecular complexity index is 1820. The largest absolute Gasteiger partial charge is 0.472 e. The first-order valence-corrected chi connectivity index (χ1v) is 42.0. The van der Waals surface area contributed by atoms with E-state index in [1.165, 1.54) is 199 Å². The van der Waals surface area contributed by atoms with Crippen molar-refractivity contribution < 1.29 is 80.2 Å². The second kappa shape index (κ2) is 66.9. The molecule has 0 radical (unpaired) electrons. The summed E-state index contributed by atoms with van der Waals surface area (Å²) < 4.78 is 68.4. The molecule has 19 heteroatoms. The number of ether oxygens (including phenoxy) is 4. The molecule has 0 aliphatic carbocycles. The van der Waals surface area contributed by atoms with Gasteiger partial charge in [0.2, 0.25) is 0 Å². The van der Waals surface area contributed by atoms with Crippen LogP contribution in [-0.2, 0) is 65.4 Å². The van der Waals surface area contributed by atoms with Gasteiger partial charge in [-0.2, -0.15) is 0 Å². The summed E-state index contributed by atoms with van der Waals surface area (Å²) in [5.41, 5.74) is 0. The molecule has 0 heterocycles. The number of hydrogen-bond acceptors (Lipinski definition) is 15. The van der Waals surface area contributed by atoms with Crippen molar-refractivity contribution in [3.05, 3.63) is 0 Å². The van der Waals surface area contributed by atoms with Gasteiger partial charge in [0, 0.05) is 25.7 Å². The number of aliphatic hydroxyl groups excluding tert-OH is 1. The third-order valence-electron chi connectivity index (χ3n) is 17.5. The molecule has 3 N–H and O–H groups in total. The standard InChI is InChI=1S/C75H146O17P2/c1-7-9-11-13-15-17-19-20-21-22-23-27-31-34-38-45-51-57-72(77)85-63-70(91-75(80)60-54-48-40-36-32-28-25-24-26-30-33-37-43-49-55-67(3)4)65-89-93(81,82)87-61-69(76)62-88-94(83,84)90-66-71(64-86-73(78)58-52-46-42-41-44-50-56-68(5)6)92-74(79)59-53-47-39-35-29-18-16-14-12-10-8-2/h67-71,76H,7-66H2,1-6H3,(H,81,82)(H,83,84)/t69-,70-,71-/m1/s1. The minimum absolute atomic E-state index is 0.106. The Morgan fingerprint density at radius 2 is 0.489 bits per heavy atom. The molecule has 0 saturated carbocycles. The zero-order valence-electron chi connectivity index (χ0n) is 61.3. The molecular weight excluding hydrogens is 1230 g/mol. The SMILES string of the molecule is CCCCCCCCCCCCCCCCCCCC(=O)OC[C@H](COP(=O)(O)OC[C@@H](O)COP(=O)(O)OC[C@@H](COC(=O)CCCCCCCCC(C)C)OC(=O)CCCCCCCCCCCCC)OC(=O)CCCCCCCCCCCCCCCCC(C)C. The molecule has 94 heavy (non-hydrogen) atoms. The fraction of sp³-hybridized carbons (Fsp3) is 0.947. The molecule has 0 rings (SSSR count). The van der Waals surface area contributed by atoms with Gasteiger partial charge < -0.3 is 33.8 Å². The summed E-state index contributed by atoms with van der Waals surface area (Å²) in [4.78, 5) is 72.7. The van der Waals surface area contributed by atoms with Crippen molar-refractivity contribution in [2.45, 2.75) is 407 Å². The summed E-state index contributed by atoms with van der Waals surface area (Å²) in [6.07, 6.45) is 54.2. The molecule has 0 amide bonds. The maximum atomic E-state index is 13.1. The second-order valence-corrected chi connectivity index (χ2v) is 30.9. The van der Waals surface area contributed by atoms with E-state index in [-0.39, 0.29) is 25.7 Å². The molecule has 17 nitrogen and oxygen atoms in total. The highest BCUT2D eigenvalue weighted by Gasteiger charge is 2.30. The molecule has 0 saturated heterocycles. The van der Waals surface area contributed by atoms with Gasteiger partial charge in [-0.25, -0.2) is 9.13 Å². The highest BCUT2D eigenvalue weighted by molar-refractivity contribution is 7.47. The van der Waals surface area contributed by atoms with Crippen LogP contribution in [0.3, 0.4) is 0 Å². The van der Waals surface area contributed by atoms with Crippen LogP contribution in [0.4, 0.5) is 0 Å². The van der Waals surface area contributed by atoms with Gasteiger partial charge in [0.15, 0.2) is 12.2 Å². The van der Waals surface area contributed by atoms with E-state index in [0.717, 1.165) is 102 Å². The number of rotatable bonds is 74. The van der Waals surface area contributed by atoms with Crippen LogP contribution in [0.5, 0.6) is 0 Å². The van der Waals surface area contributed by atoms with Gasteiger partial charge in [0.25, 0.3) is 0 Å². The lowest BCUT2D eigenvalue weighted by molar-refractivity contribution is -0.161. The van der Waals surface area contributed by atoms with Gasteiger partial charge >= 0.3 is 39.5 Å². The third kappa shape index (κ3) is 68.6. The first kappa shape index (κ1) is 92.1. The Morgan fingerprint density at radius 3 is 0.723 bits per heavy atom. The molecule has 0 fully saturated rings. The van der Waals surface area contributed by atoms with Gasteiger partial charge in [-0.15, -0.1) is 0 Å². The van der Waals surface area contributed by atoms with Crippen LogP contribution >= 0.6 is 15.6 Å². The van der Waals surface area contributed by atoms with E-state index in [0.29, 0.717) is 31.6 Å². The molecule has 0 aromatic rings. The van der Waals surface area contributed by atoms with Gasteiger partial charge in [-0.3, -0.25) is 37.3 Å². The first-order valence-electron chi connectivity index (χ1n) is 39.0. The number of carbonyl (C=O) groups excluding carboxylic acids is 4. The zero-order valence-corrected chi connectivity index (χ0v) is 63.1. The number of hydrogen-bond donors (Lipinski definition) is 3. The Hall–Kier alpha value is -1.94. The third-order valence-corrected chi connectivity index (χ3v) is 19.4. The zero-order chi connectivity index (χ0) is 69.3. The van der Waals surface area contributed by atoms with Crippen molar-refractivity contribution in [1.29, 1.82) is 0 Å². The smallest absolute Gasteiger partial charge is 0.462 e. The van der Waals surface area contributed by atoms with E-state index in [1.807, 2.05) is 0 Å². The summed E-state index contributed by atoms with van der Waals surface area (Å²) in [6, 6.07) is 0. The number of unbranched alkanes of at least 4 members (excludes halogenated alkanes) is 44. The Kier molecular flexibility index (Phi) is 65.5.